The molecule has 0 unspecified atom stereocenters. The highest BCUT2D eigenvalue weighted by Crippen LogP contribution is 2.33. The van der Waals surface area contributed by atoms with Crippen LogP contribution >= 0.6 is 11.6 Å². The predicted molar refractivity (Wildman–Crippen MR) is 104 cm³/mol. The van der Waals surface area contributed by atoms with E-state index in [0.29, 0.717) is 16.5 Å². The fourth-order valence-electron chi connectivity index (χ4n) is 3.13. The molecule has 0 aliphatic rings. The summed E-state index contributed by atoms with van der Waals surface area (Å²) in [6.45, 7) is 2.16. The van der Waals surface area contributed by atoms with Gasteiger partial charge in [0.05, 0.1) is 16.1 Å². The molecule has 27 heavy (non-hydrogen) atoms. The lowest BCUT2D eigenvalue weighted by atomic mass is 10.0. The van der Waals surface area contributed by atoms with Gasteiger partial charge in [-0.2, -0.15) is 10.1 Å². The van der Waals surface area contributed by atoms with Crippen LogP contribution in [-0.2, 0) is 13.7 Å². The van der Waals surface area contributed by atoms with Gasteiger partial charge in [0.2, 0.25) is 5.88 Å². The fourth-order valence-corrected chi connectivity index (χ4v) is 3.35. The summed E-state index contributed by atoms with van der Waals surface area (Å²) in [5, 5.41) is 5.82. The normalized spacial score (nSPS) is 11.1. The third-order valence-corrected chi connectivity index (χ3v) is 4.77. The third-order valence-electron chi connectivity index (χ3n) is 4.42. The number of nitrogens with zero attached hydrogens (tertiary/aromatic N) is 3. The highest BCUT2D eigenvalue weighted by Gasteiger charge is 2.16. The maximum absolute atomic E-state index is 13.2. The molecule has 0 fully saturated rings. The van der Waals surface area contributed by atoms with E-state index < -0.39 is 0 Å². The second-order valence-electron chi connectivity index (χ2n) is 6.31. The largest absolute Gasteiger partial charge is 0.473 e. The van der Waals surface area contributed by atoms with Crippen molar-refractivity contribution in [3.05, 3.63) is 76.7 Å². The Morgan fingerprint density at radius 3 is 2.63 bits per heavy atom. The van der Waals surface area contributed by atoms with Crippen LogP contribution in [0, 0.1) is 12.7 Å². The van der Waals surface area contributed by atoms with E-state index in [4.69, 9.17) is 16.3 Å². The maximum Gasteiger partial charge on any atom is 0.216 e. The first kappa shape index (κ1) is 17.5. The molecule has 136 valence electrons. The van der Waals surface area contributed by atoms with Crippen molar-refractivity contribution in [1.29, 1.82) is 0 Å². The Morgan fingerprint density at radius 1 is 1.11 bits per heavy atom. The van der Waals surface area contributed by atoms with Gasteiger partial charge in [0.1, 0.15) is 12.4 Å². The number of hydrogen-bond donors (Lipinski definition) is 0. The molecular weight excluding hydrogens is 365 g/mol. The Labute approximate surface area is 161 Å². The zero-order chi connectivity index (χ0) is 19.0. The summed E-state index contributed by atoms with van der Waals surface area (Å²) in [5.74, 6) is 0.0877. The highest BCUT2D eigenvalue weighted by molar-refractivity contribution is 6.31. The van der Waals surface area contributed by atoms with Crippen molar-refractivity contribution in [2.24, 2.45) is 7.05 Å². The van der Waals surface area contributed by atoms with Crippen LogP contribution in [0.25, 0.3) is 22.2 Å². The number of halogens is 2. The number of rotatable bonds is 4. The molecule has 0 aliphatic carbocycles. The van der Waals surface area contributed by atoms with E-state index in [-0.39, 0.29) is 12.4 Å². The summed E-state index contributed by atoms with van der Waals surface area (Å²) >= 11 is 6.09. The molecule has 0 radical (unpaired) electrons. The molecule has 0 saturated heterocycles. The summed E-state index contributed by atoms with van der Waals surface area (Å²) in [5.41, 5.74) is 4.42. The Bertz CT molecular complexity index is 1130. The predicted octanol–water partition coefficient (Wildman–Crippen LogP) is 5.32. The molecule has 0 N–H and O–H groups in total. The monoisotopic (exact) mass is 381 g/mol. The van der Waals surface area contributed by atoms with Gasteiger partial charge in [-0.05, 0) is 30.2 Å². The van der Waals surface area contributed by atoms with Crippen molar-refractivity contribution in [2.75, 3.05) is 0 Å². The van der Waals surface area contributed by atoms with Crippen molar-refractivity contribution in [2.45, 2.75) is 13.5 Å². The molecule has 0 spiro atoms. The van der Waals surface area contributed by atoms with E-state index in [9.17, 15) is 4.39 Å². The number of aromatic nitrogens is 3. The summed E-state index contributed by atoms with van der Waals surface area (Å²) in [6, 6.07) is 16.2. The van der Waals surface area contributed by atoms with Crippen LogP contribution in [-0.4, -0.2) is 14.8 Å². The van der Waals surface area contributed by atoms with Crippen LogP contribution in [0.3, 0.4) is 0 Å². The number of pyridine rings is 1. The van der Waals surface area contributed by atoms with Gasteiger partial charge in [-0.15, -0.1) is 0 Å². The molecule has 0 atom stereocenters. The first-order chi connectivity index (χ1) is 13.0. The zero-order valence-corrected chi connectivity index (χ0v) is 15.7. The summed E-state index contributed by atoms with van der Waals surface area (Å²) in [6.07, 6.45) is 0. The molecule has 2 aromatic carbocycles. The van der Waals surface area contributed by atoms with Gasteiger partial charge in [-0.1, -0.05) is 48.0 Å². The molecule has 0 amide bonds. The minimum atomic E-state index is -0.375. The lowest BCUT2D eigenvalue weighted by molar-refractivity contribution is 0.295. The maximum atomic E-state index is 13.2. The van der Waals surface area contributed by atoms with E-state index in [0.717, 1.165) is 27.9 Å². The van der Waals surface area contributed by atoms with E-state index in [1.165, 1.54) is 12.1 Å². The minimum Gasteiger partial charge on any atom is -0.473 e. The summed E-state index contributed by atoms with van der Waals surface area (Å²) < 4.78 is 20.9. The van der Waals surface area contributed by atoms with Crippen molar-refractivity contribution >= 4 is 22.6 Å². The molecule has 4 nitrogen and oxygen atoms in total. The standard InChI is InChI=1S/C21H17ClFN3O/c1-13-20-17(14-6-4-3-5-7-14)11-19(24-21(20)26(2)25-13)27-12-15-8-9-16(23)10-18(15)22/h3-11H,12H2,1-2H3. The van der Waals surface area contributed by atoms with Gasteiger partial charge in [-0.3, -0.25) is 4.68 Å². The molecule has 4 rings (SSSR count). The molecule has 4 aromatic rings. The lowest BCUT2D eigenvalue weighted by Gasteiger charge is -2.11. The smallest absolute Gasteiger partial charge is 0.216 e. The van der Waals surface area contributed by atoms with Gasteiger partial charge >= 0.3 is 0 Å². The Hall–Kier alpha value is -2.92. The molecular formula is C21H17ClFN3O. The van der Waals surface area contributed by atoms with Crippen LogP contribution in [0.15, 0.2) is 54.6 Å². The second kappa shape index (κ2) is 7.00. The average molecular weight is 382 g/mol. The van der Waals surface area contributed by atoms with Crippen molar-refractivity contribution in [3.63, 3.8) is 0 Å². The topological polar surface area (TPSA) is 39.9 Å². The van der Waals surface area contributed by atoms with Crippen LogP contribution in [0.5, 0.6) is 5.88 Å². The minimum absolute atomic E-state index is 0.197. The Kier molecular flexibility index (Phi) is 4.54. The number of fused-ring (bicyclic) bond motifs is 1. The number of benzene rings is 2. The van der Waals surface area contributed by atoms with Crippen LogP contribution in [0.1, 0.15) is 11.3 Å². The van der Waals surface area contributed by atoms with E-state index in [1.54, 1.807) is 10.7 Å². The highest BCUT2D eigenvalue weighted by atomic mass is 35.5. The number of aryl methyl sites for hydroxylation is 2. The van der Waals surface area contributed by atoms with E-state index >= 15 is 0 Å². The Balaban J connectivity index is 1.76. The van der Waals surface area contributed by atoms with Crippen molar-refractivity contribution in [3.8, 4) is 17.0 Å². The van der Waals surface area contributed by atoms with Gasteiger partial charge in [-0.25, -0.2) is 4.39 Å². The SMILES string of the molecule is Cc1nn(C)c2nc(OCc3ccc(F)cc3Cl)cc(-c3ccccc3)c12. The Morgan fingerprint density at radius 2 is 1.89 bits per heavy atom. The van der Waals surface area contributed by atoms with Crippen molar-refractivity contribution in [1.82, 2.24) is 14.8 Å². The molecule has 0 aliphatic heterocycles. The molecule has 2 heterocycles. The molecule has 2 aromatic heterocycles. The zero-order valence-electron chi connectivity index (χ0n) is 14.9. The quantitative estimate of drug-likeness (QED) is 0.480. The average Bonchev–Trinajstić information content (AvgIpc) is 2.95. The summed E-state index contributed by atoms with van der Waals surface area (Å²) in [4.78, 5) is 4.61. The van der Waals surface area contributed by atoms with E-state index in [2.05, 4.69) is 10.1 Å². The third kappa shape index (κ3) is 3.38. The van der Waals surface area contributed by atoms with Crippen LogP contribution in [0.4, 0.5) is 4.39 Å². The van der Waals surface area contributed by atoms with Crippen molar-refractivity contribution < 1.29 is 9.13 Å². The van der Waals surface area contributed by atoms with Gasteiger partial charge in [0.25, 0.3) is 0 Å². The first-order valence-corrected chi connectivity index (χ1v) is 8.87. The molecule has 6 heteroatoms. The molecule has 0 saturated carbocycles. The van der Waals surface area contributed by atoms with Crippen LogP contribution < -0.4 is 4.74 Å². The number of hydrogen-bond acceptors (Lipinski definition) is 3. The number of ether oxygens (including phenoxy) is 1. The van der Waals surface area contributed by atoms with Gasteiger partial charge in [0, 0.05) is 18.7 Å². The van der Waals surface area contributed by atoms with Gasteiger partial charge in [0.15, 0.2) is 5.65 Å². The second-order valence-corrected chi connectivity index (χ2v) is 6.71. The molecule has 0 bridgehead atoms. The summed E-state index contributed by atoms with van der Waals surface area (Å²) in [7, 11) is 1.86. The van der Waals surface area contributed by atoms with Crippen LogP contribution in [0.2, 0.25) is 5.02 Å². The fraction of sp³-hybridized carbons (Fsp3) is 0.143. The lowest BCUT2D eigenvalue weighted by Crippen LogP contribution is -2.00. The first-order valence-electron chi connectivity index (χ1n) is 8.49. The van der Waals surface area contributed by atoms with E-state index in [1.807, 2.05) is 50.4 Å². The van der Waals surface area contributed by atoms with Gasteiger partial charge < -0.3 is 4.74 Å².